The van der Waals surface area contributed by atoms with Crippen molar-refractivity contribution in [2.24, 2.45) is 9.98 Å². The number of aryl methyl sites for hydroxylation is 1. The Morgan fingerprint density at radius 3 is 2.30 bits per heavy atom. The van der Waals surface area contributed by atoms with Crippen molar-refractivity contribution >= 4 is 12.1 Å². The largest absolute Gasteiger partial charge is 0.265 e. The maximum atomic E-state index is 4.17. The van der Waals surface area contributed by atoms with Gasteiger partial charge in [-0.1, -0.05) is 85.9 Å². The first-order valence-electron chi connectivity index (χ1n) is 10.2. The van der Waals surface area contributed by atoms with E-state index in [2.05, 4.69) is 58.0 Å². The molecule has 0 saturated heterocycles. The standard InChI is InChI=1S/C11H8N2.C8H10.C6H7N.C2H6/c1-2-6-10(7-3-1)11-12-8-4-5-9-13-11;1-8-6-4-2-3-5-7-8;1-6-2-4-7-5-3-6;1-2/h1-4,6-9H;2,4-7H,3H2,1H3;2-5H,1H3;1-2H3. The van der Waals surface area contributed by atoms with Gasteiger partial charge >= 0.3 is 0 Å². The first-order valence-corrected chi connectivity index (χ1v) is 10.2. The van der Waals surface area contributed by atoms with E-state index >= 15 is 0 Å². The van der Waals surface area contributed by atoms with Crippen LogP contribution in [0.5, 0.6) is 0 Å². The summed E-state index contributed by atoms with van der Waals surface area (Å²) in [7, 11) is 0. The van der Waals surface area contributed by atoms with E-state index in [1.807, 2.05) is 63.2 Å². The predicted octanol–water partition coefficient (Wildman–Crippen LogP) is 7.05. The molecule has 0 amide bonds. The van der Waals surface area contributed by atoms with Crippen LogP contribution in [-0.4, -0.2) is 17.0 Å². The van der Waals surface area contributed by atoms with Crippen LogP contribution in [0.1, 0.15) is 38.3 Å². The van der Waals surface area contributed by atoms with Crippen LogP contribution < -0.4 is 0 Å². The van der Waals surface area contributed by atoms with Gasteiger partial charge < -0.3 is 0 Å². The molecule has 0 saturated carbocycles. The van der Waals surface area contributed by atoms with E-state index in [4.69, 9.17) is 0 Å². The maximum absolute atomic E-state index is 4.17. The molecule has 30 heavy (non-hydrogen) atoms. The Morgan fingerprint density at radius 1 is 0.900 bits per heavy atom. The van der Waals surface area contributed by atoms with Gasteiger partial charge in [0.15, 0.2) is 5.84 Å². The molecule has 0 radical (unpaired) electrons. The summed E-state index contributed by atoms with van der Waals surface area (Å²) < 4.78 is 0. The van der Waals surface area contributed by atoms with Crippen LogP contribution in [0.25, 0.3) is 0 Å². The van der Waals surface area contributed by atoms with Gasteiger partial charge in [0.2, 0.25) is 0 Å². The molecule has 2 aromatic rings. The summed E-state index contributed by atoms with van der Waals surface area (Å²) in [6, 6.07) is 13.8. The number of pyridine rings is 1. The molecule has 1 aromatic carbocycles. The minimum Gasteiger partial charge on any atom is -0.265 e. The van der Waals surface area contributed by atoms with Crippen molar-refractivity contribution in [2.75, 3.05) is 0 Å². The molecular formula is C27H31N3. The molecular weight excluding hydrogens is 366 g/mol. The average molecular weight is 398 g/mol. The third kappa shape index (κ3) is 11.3. The second-order valence-electron chi connectivity index (χ2n) is 6.06. The molecule has 0 spiro atoms. The van der Waals surface area contributed by atoms with Crippen LogP contribution in [0.4, 0.5) is 0 Å². The number of nitrogens with zero attached hydrogens (tertiary/aromatic N) is 3. The lowest BCUT2D eigenvalue weighted by Crippen LogP contribution is -1.95. The van der Waals surface area contributed by atoms with Crippen LogP contribution in [0.3, 0.4) is 0 Å². The summed E-state index contributed by atoms with van der Waals surface area (Å²) in [6.07, 6.45) is 20.4. The Kier molecular flexibility index (Phi) is 13.4. The minimum absolute atomic E-state index is 0.724. The van der Waals surface area contributed by atoms with Gasteiger partial charge in [-0.15, -0.1) is 0 Å². The van der Waals surface area contributed by atoms with E-state index in [1.165, 1.54) is 11.1 Å². The topological polar surface area (TPSA) is 37.6 Å². The van der Waals surface area contributed by atoms with Crippen LogP contribution in [-0.2, 0) is 0 Å². The molecule has 1 aromatic heterocycles. The number of benzene rings is 1. The van der Waals surface area contributed by atoms with Gasteiger partial charge in [0.1, 0.15) is 0 Å². The van der Waals surface area contributed by atoms with Gasteiger partial charge in [0.05, 0.1) is 6.20 Å². The Labute approximate surface area is 181 Å². The fraction of sp³-hybridized carbons (Fsp3) is 0.185. The summed E-state index contributed by atoms with van der Waals surface area (Å²) in [4.78, 5) is 12.2. The SMILES string of the molecule is C1=CC=NC(c2ccccc2)=NC=1.CC.CC1=CC=CCC=C1.Cc1ccncc1. The van der Waals surface area contributed by atoms with Crippen LogP contribution in [0, 0.1) is 6.92 Å². The zero-order chi connectivity index (χ0) is 21.9. The quantitative estimate of drug-likeness (QED) is 0.475. The van der Waals surface area contributed by atoms with E-state index in [0.717, 1.165) is 17.8 Å². The number of rotatable bonds is 1. The zero-order valence-corrected chi connectivity index (χ0v) is 18.4. The Bertz CT molecular complexity index is 925. The second-order valence-corrected chi connectivity index (χ2v) is 6.06. The summed E-state index contributed by atoms with van der Waals surface area (Å²) in [5.74, 6) is 0.724. The smallest absolute Gasteiger partial charge is 0.159 e. The van der Waals surface area contributed by atoms with Gasteiger partial charge in [0, 0.05) is 30.2 Å². The highest BCUT2D eigenvalue weighted by Gasteiger charge is 1.98. The number of hydrogen-bond acceptors (Lipinski definition) is 3. The molecule has 0 fully saturated rings. The molecule has 1 aliphatic carbocycles. The highest BCUT2D eigenvalue weighted by atomic mass is 14.9. The molecule has 0 bridgehead atoms. The summed E-state index contributed by atoms with van der Waals surface area (Å²) in [6.45, 7) is 8.15. The Morgan fingerprint density at radius 2 is 1.63 bits per heavy atom. The van der Waals surface area contributed by atoms with E-state index in [1.54, 1.807) is 30.9 Å². The van der Waals surface area contributed by atoms with Crippen LogP contribution >= 0.6 is 0 Å². The Balaban J connectivity index is 0.000000229. The van der Waals surface area contributed by atoms with Crippen molar-refractivity contribution in [1.82, 2.24) is 4.98 Å². The van der Waals surface area contributed by atoms with Crippen molar-refractivity contribution in [2.45, 2.75) is 34.1 Å². The molecule has 0 N–H and O–H groups in total. The molecule has 0 unspecified atom stereocenters. The van der Waals surface area contributed by atoms with Crippen molar-refractivity contribution in [3.63, 3.8) is 0 Å². The summed E-state index contributed by atoms with van der Waals surface area (Å²) >= 11 is 0. The number of aliphatic imine (C=N–C) groups is 2. The number of aromatic nitrogens is 1. The monoisotopic (exact) mass is 397 g/mol. The second kappa shape index (κ2) is 16.4. The van der Waals surface area contributed by atoms with Crippen molar-refractivity contribution in [3.05, 3.63) is 120 Å². The van der Waals surface area contributed by atoms with E-state index in [-0.39, 0.29) is 0 Å². The predicted molar refractivity (Wildman–Crippen MR) is 131 cm³/mol. The van der Waals surface area contributed by atoms with Gasteiger partial charge in [-0.3, -0.25) is 4.98 Å². The number of hydrogen-bond donors (Lipinski definition) is 0. The lowest BCUT2D eigenvalue weighted by molar-refractivity contribution is 1.29. The van der Waals surface area contributed by atoms with Gasteiger partial charge in [0.25, 0.3) is 0 Å². The molecule has 3 heteroatoms. The highest BCUT2D eigenvalue weighted by molar-refractivity contribution is 6.04. The molecule has 3 nitrogen and oxygen atoms in total. The molecule has 4 rings (SSSR count). The number of amidine groups is 1. The van der Waals surface area contributed by atoms with E-state index in [9.17, 15) is 0 Å². The molecule has 2 heterocycles. The fourth-order valence-corrected chi connectivity index (χ4v) is 2.17. The minimum atomic E-state index is 0.724. The molecule has 2 aliphatic rings. The first kappa shape index (κ1) is 24.5. The summed E-state index contributed by atoms with van der Waals surface area (Å²) in [5, 5.41) is 0. The third-order valence-corrected chi connectivity index (χ3v) is 3.66. The van der Waals surface area contributed by atoms with Gasteiger partial charge in [-0.05, 0) is 38.0 Å². The zero-order valence-electron chi connectivity index (χ0n) is 18.4. The molecule has 0 atom stereocenters. The third-order valence-electron chi connectivity index (χ3n) is 3.66. The van der Waals surface area contributed by atoms with Gasteiger partial charge in [-0.2, -0.15) is 0 Å². The van der Waals surface area contributed by atoms with E-state index < -0.39 is 0 Å². The van der Waals surface area contributed by atoms with Crippen molar-refractivity contribution < 1.29 is 0 Å². The van der Waals surface area contributed by atoms with Crippen LogP contribution in [0.15, 0.2) is 119 Å². The molecule has 154 valence electrons. The molecule has 1 aliphatic heterocycles. The Hall–Kier alpha value is -3.55. The first-order chi connectivity index (χ1) is 14.8. The van der Waals surface area contributed by atoms with E-state index in [0.29, 0.717) is 0 Å². The summed E-state index contributed by atoms with van der Waals surface area (Å²) in [5.41, 5.74) is 6.47. The fourth-order valence-electron chi connectivity index (χ4n) is 2.17. The normalized spacial score (nSPS) is 13.1. The average Bonchev–Trinajstić information content (AvgIpc) is 3.22. The van der Waals surface area contributed by atoms with Crippen molar-refractivity contribution in [1.29, 1.82) is 0 Å². The maximum Gasteiger partial charge on any atom is 0.159 e. The lowest BCUT2D eigenvalue weighted by Gasteiger charge is -1.96. The van der Waals surface area contributed by atoms with Crippen molar-refractivity contribution in [3.8, 4) is 0 Å². The van der Waals surface area contributed by atoms with Gasteiger partial charge in [-0.25, -0.2) is 9.98 Å². The number of allylic oxidation sites excluding steroid dienone is 7. The van der Waals surface area contributed by atoms with Crippen LogP contribution in [0.2, 0.25) is 0 Å². The highest BCUT2D eigenvalue weighted by Crippen LogP contribution is 2.03. The lowest BCUT2D eigenvalue weighted by atomic mass is 10.2.